The van der Waals surface area contributed by atoms with E-state index < -0.39 is 15.8 Å². The highest BCUT2D eigenvalue weighted by atomic mass is 32.2. The average Bonchev–Trinajstić information content (AvgIpc) is 2.87. The molecule has 0 saturated carbocycles. The third-order valence-corrected chi connectivity index (χ3v) is 8.12. The molecule has 1 heterocycles. The van der Waals surface area contributed by atoms with Crippen LogP contribution >= 0.6 is 0 Å². The van der Waals surface area contributed by atoms with Crippen molar-refractivity contribution in [1.82, 2.24) is 4.98 Å². The molecule has 1 aliphatic carbocycles. The number of ketones is 2. The van der Waals surface area contributed by atoms with E-state index in [0.29, 0.717) is 30.0 Å². The molecule has 35 heavy (non-hydrogen) atoms. The number of hydrogen-bond acceptors (Lipinski definition) is 5. The topological polar surface area (TPSA) is 84.4 Å². The molecule has 0 amide bonds. The molecule has 6 nitrogen and oxygen atoms in total. The van der Waals surface area contributed by atoms with E-state index >= 15 is 0 Å². The molecular weight excluding hydrogens is 460 g/mol. The Balaban J connectivity index is 1.55. The molecule has 0 atom stereocenters. The molecule has 1 aliphatic rings. The number of Topliss-reactive ketones (excluding diaryl/α,β-unsaturated/α-hetero) is 2. The van der Waals surface area contributed by atoms with Crippen LogP contribution in [0.5, 0.6) is 0 Å². The lowest BCUT2D eigenvalue weighted by molar-refractivity contribution is -0.115. The van der Waals surface area contributed by atoms with Gasteiger partial charge in [-0.1, -0.05) is 44.2 Å². The van der Waals surface area contributed by atoms with E-state index in [1.807, 2.05) is 18.2 Å². The number of anilines is 1. The summed E-state index contributed by atoms with van der Waals surface area (Å²) in [7, 11) is -2.40. The van der Waals surface area contributed by atoms with Crippen LogP contribution in [0.1, 0.15) is 53.2 Å². The minimum atomic E-state index is -3.90. The van der Waals surface area contributed by atoms with E-state index in [-0.39, 0.29) is 28.2 Å². The number of nitrogens with zero attached hydrogens (tertiary/aromatic N) is 2. The van der Waals surface area contributed by atoms with E-state index in [4.69, 9.17) is 0 Å². The van der Waals surface area contributed by atoms with Gasteiger partial charge in [0.2, 0.25) is 0 Å². The molecular formula is C28H28N2O4S. The molecule has 4 rings (SSSR count). The highest BCUT2D eigenvalue weighted by molar-refractivity contribution is 7.92. The Kier molecular flexibility index (Phi) is 6.98. The number of rotatable bonds is 8. The van der Waals surface area contributed by atoms with Crippen LogP contribution in [-0.2, 0) is 27.7 Å². The number of benzene rings is 2. The summed E-state index contributed by atoms with van der Waals surface area (Å²) in [6, 6.07) is 15.6. The Morgan fingerprint density at radius 3 is 2.49 bits per heavy atom. The summed E-state index contributed by atoms with van der Waals surface area (Å²) in [4.78, 5) is 30.1. The lowest BCUT2D eigenvalue weighted by atomic mass is 9.87. The van der Waals surface area contributed by atoms with Crippen LogP contribution in [0.2, 0.25) is 0 Å². The van der Waals surface area contributed by atoms with Gasteiger partial charge in [-0.05, 0) is 65.8 Å². The number of pyridine rings is 1. The summed E-state index contributed by atoms with van der Waals surface area (Å²) in [6.45, 7) is 4.15. The monoisotopic (exact) mass is 488 g/mol. The van der Waals surface area contributed by atoms with Crippen molar-refractivity contribution in [2.24, 2.45) is 0 Å². The largest absolute Gasteiger partial charge is 0.294 e. The van der Waals surface area contributed by atoms with Crippen LogP contribution < -0.4 is 4.31 Å². The molecule has 7 heteroatoms. The van der Waals surface area contributed by atoms with Crippen molar-refractivity contribution in [2.45, 2.75) is 43.9 Å². The first kappa shape index (κ1) is 24.5. The minimum absolute atomic E-state index is 0.0177. The van der Waals surface area contributed by atoms with Gasteiger partial charge < -0.3 is 0 Å². The fourth-order valence-corrected chi connectivity index (χ4v) is 5.32. The van der Waals surface area contributed by atoms with Crippen LogP contribution in [0.25, 0.3) is 0 Å². The second-order valence-corrected chi connectivity index (χ2v) is 10.9. The third kappa shape index (κ3) is 5.10. The van der Waals surface area contributed by atoms with Crippen molar-refractivity contribution in [1.29, 1.82) is 0 Å². The van der Waals surface area contributed by atoms with Gasteiger partial charge in [-0.2, -0.15) is 0 Å². The van der Waals surface area contributed by atoms with E-state index in [9.17, 15) is 18.0 Å². The van der Waals surface area contributed by atoms with Crippen molar-refractivity contribution in [3.8, 4) is 0 Å². The Morgan fingerprint density at radius 2 is 1.83 bits per heavy atom. The SMILES string of the molecule is CC(C)c1ccc(N(C)S(=O)(=O)c2ccc3c(c2)C(=O)C(C(=O)CCc2cccnc2)=CC3)cc1. The quantitative estimate of drug-likeness (QED) is 0.421. The predicted octanol–water partition coefficient (Wildman–Crippen LogP) is 4.90. The van der Waals surface area contributed by atoms with Gasteiger partial charge in [-0.15, -0.1) is 0 Å². The molecule has 0 radical (unpaired) electrons. The molecule has 0 unspecified atom stereocenters. The maximum Gasteiger partial charge on any atom is 0.264 e. The number of fused-ring (bicyclic) bond motifs is 1. The first-order valence-corrected chi connectivity index (χ1v) is 13.0. The lowest BCUT2D eigenvalue weighted by Crippen LogP contribution is -2.27. The maximum atomic E-state index is 13.3. The number of allylic oxidation sites excluding steroid dienone is 2. The summed E-state index contributed by atoms with van der Waals surface area (Å²) in [6.07, 6.45) is 6.09. The van der Waals surface area contributed by atoms with Crippen molar-refractivity contribution in [2.75, 3.05) is 11.4 Å². The molecule has 1 aromatic heterocycles. The van der Waals surface area contributed by atoms with Crippen LogP contribution in [0, 0.1) is 0 Å². The van der Waals surface area contributed by atoms with E-state index in [2.05, 4.69) is 18.8 Å². The van der Waals surface area contributed by atoms with Gasteiger partial charge in [-0.3, -0.25) is 18.9 Å². The first-order chi connectivity index (χ1) is 16.7. The number of carbonyl (C=O) groups is 2. The maximum absolute atomic E-state index is 13.3. The number of aryl methyl sites for hydroxylation is 1. The third-order valence-electron chi connectivity index (χ3n) is 6.34. The summed E-state index contributed by atoms with van der Waals surface area (Å²) in [5.41, 5.74) is 3.66. The van der Waals surface area contributed by atoms with Crippen molar-refractivity contribution in [3.63, 3.8) is 0 Å². The van der Waals surface area contributed by atoms with E-state index in [0.717, 1.165) is 11.1 Å². The van der Waals surface area contributed by atoms with Crippen LogP contribution in [-0.4, -0.2) is 32.0 Å². The smallest absolute Gasteiger partial charge is 0.264 e. The van der Waals surface area contributed by atoms with E-state index in [1.165, 1.54) is 23.5 Å². The molecule has 0 bridgehead atoms. The Morgan fingerprint density at radius 1 is 1.09 bits per heavy atom. The highest BCUT2D eigenvalue weighted by Crippen LogP contribution is 2.29. The van der Waals surface area contributed by atoms with Gasteiger partial charge in [0.05, 0.1) is 16.2 Å². The second-order valence-electron chi connectivity index (χ2n) is 8.97. The molecule has 0 fully saturated rings. The zero-order valence-electron chi connectivity index (χ0n) is 20.1. The second kappa shape index (κ2) is 9.96. The van der Waals surface area contributed by atoms with Crippen molar-refractivity contribution >= 4 is 27.3 Å². The summed E-state index contributed by atoms with van der Waals surface area (Å²) >= 11 is 0. The molecule has 0 N–H and O–H groups in total. The number of hydrogen-bond donors (Lipinski definition) is 0. The zero-order valence-corrected chi connectivity index (χ0v) is 20.9. The standard InChI is InChI=1S/C28H28N2O4S/c1-19(2)21-7-11-23(12-8-21)30(3)35(33,34)24-13-9-22-10-14-25(28(32)26(22)17-24)27(31)15-6-20-5-4-16-29-18-20/h4-5,7-9,11-14,16-19H,6,10,15H2,1-3H3. The van der Waals surface area contributed by atoms with Gasteiger partial charge in [0, 0.05) is 31.4 Å². The zero-order chi connectivity index (χ0) is 25.2. The fourth-order valence-electron chi connectivity index (χ4n) is 4.10. The number of aromatic nitrogens is 1. The number of sulfonamides is 1. The van der Waals surface area contributed by atoms with Gasteiger partial charge in [-0.25, -0.2) is 8.42 Å². The average molecular weight is 489 g/mol. The van der Waals surface area contributed by atoms with Crippen LogP contribution in [0.4, 0.5) is 5.69 Å². The first-order valence-electron chi connectivity index (χ1n) is 11.6. The Hall–Kier alpha value is -3.58. The Labute approximate surface area is 206 Å². The molecule has 0 spiro atoms. The molecule has 2 aromatic carbocycles. The minimum Gasteiger partial charge on any atom is -0.294 e. The molecule has 180 valence electrons. The number of carbonyl (C=O) groups excluding carboxylic acids is 2. The van der Waals surface area contributed by atoms with E-state index in [1.54, 1.807) is 42.7 Å². The van der Waals surface area contributed by atoms with Crippen LogP contribution in [0.3, 0.4) is 0 Å². The van der Waals surface area contributed by atoms with Crippen LogP contribution in [0.15, 0.2) is 83.5 Å². The predicted molar refractivity (Wildman–Crippen MR) is 136 cm³/mol. The molecule has 3 aromatic rings. The van der Waals surface area contributed by atoms with Gasteiger partial charge in [0.1, 0.15) is 0 Å². The summed E-state index contributed by atoms with van der Waals surface area (Å²) in [5, 5.41) is 0. The summed E-state index contributed by atoms with van der Waals surface area (Å²) in [5.74, 6) is -0.338. The fraction of sp³-hybridized carbons (Fsp3) is 0.250. The van der Waals surface area contributed by atoms with Gasteiger partial charge in [0.15, 0.2) is 11.6 Å². The molecule has 0 aliphatic heterocycles. The highest BCUT2D eigenvalue weighted by Gasteiger charge is 2.28. The van der Waals surface area contributed by atoms with Gasteiger partial charge in [0.25, 0.3) is 10.0 Å². The summed E-state index contributed by atoms with van der Waals surface area (Å²) < 4.78 is 27.9. The van der Waals surface area contributed by atoms with Gasteiger partial charge >= 0.3 is 0 Å². The van der Waals surface area contributed by atoms with Crippen molar-refractivity contribution < 1.29 is 18.0 Å². The normalized spacial score (nSPS) is 13.4. The molecule has 0 saturated heterocycles. The van der Waals surface area contributed by atoms with Crippen molar-refractivity contribution in [3.05, 3.63) is 101 Å². The Bertz CT molecular complexity index is 1390. The lowest BCUT2D eigenvalue weighted by Gasteiger charge is -2.22.